The first-order valence-corrected chi connectivity index (χ1v) is 9.48. The summed E-state index contributed by atoms with van der Waals surface area (Å²) in [5.41, 5.74) is 2.87. The third-order valence-corrected chi connectivity index (χ3v) is 5.25. The van der Waals surface area contributed by atoms with Crippen molar-refractivity contribution in [3.05, 3.63) is 64.3 Å². The van der Waals surface area contributed by atoms with E-state index in [0.29, 0.717) is 12.4 Å². The Bertz CT molecular complexity index is 987. The third kappa shape index (κ3) is 3.62. The number of hydrogen-bond acceptors (Lipinski definition) is 3. The quantitative estimate of drug-likeness (QED) is 0.746. The first-order valence-electron chi connectivity index (χ1n) is 9.48. The number of benzene rings is 2. The molecule has 1 saturated heterocycles. The number of H-pyrrole nitrogens is 1. The fourth-order valence-electron chi connectivity index (χ4n) is 3.94. The van der Waals surface area contributed by atoms with E-state index in [9.17, 15) is 9.18 Å². The predicted molar refractivity (Wildman–Crippen MR) is 104 cm³/mol. The van der Waals surface area contributed by atoms with Gasteiger partial charge in [0.25, 0.3) is 0 Å². The molecule has 3 aromatic rings. The van der Waals surface area contributed by atoms with Gasteiger partial charge in [-0.3, -0.25) is 9.47 Å². The van der Waals surface area contributed by atoms with Crippen molar-refractivity contribution < 1.29 is 9.13 Å². The van der Waals surface area contributed by atoms with Gasteiger partial charge in [-0.25, -0.2) is 9.18 Å². The maximum absolute atomic E-state index is 13.7. The highest BCUT2D eigenvalue weighted by molar-refractivity contribution is 5.75. The standard InChI is InChI=1S/C21H24FN3O2/c1-2-27-20-13-15(7-8-17(20)22)14-24-11-9-16(10-12-24)25-19-6-4-3-5-18(19)23-21(25)26/h3-8,13,16H,2,9-12,14H2,1H3,(H,23,26). The van der Waals surface area contributed by atoms with Gasteiger partial charge < -0.3 is 9.72 Å². The van der Waals surface area contributed by atoms with E-state index in [1.807, 2.05) is 41.8 Å². The van der Waals surface area contributed by atoms with Gasteiger partial charge in [-0.1, -0.05) is 18.2 Å². The molecule has 27 heavy (non-hydrogen) atoms. The molecule has 1 aliphatic heterocycles. The highest BCUT2D eigenvalue weighted by atomic mass is 19.1. The van der Waals surface area contributed by atoms with E-state index in [2.05, 4.69) is 9.88 Å². The summed E-state index contributed by atoms with van der Waals surface area (Å²) in [6.45, 7) is 4.86. The molecule has 1 aromatic heterocycles. The first-order chi connectivity index (χ1) is 13.2. The van der Waals surface area contributed by atoms with Gasteiger partial charge in [-0.15, -0.1) is 0 Å². The van der Waals surface area contributed by atoms with Crippen LogP contribution < -0.4 is 10.4 Å². The number of nitrogens with one attached hydrogen (secondary N) is 1. The smallest absolute Gasteiger partial charge is 0.326 e. The Morgan fingerprint density at radius 1 is 1.19 bits per heavy atom. The van der Waals surface area contributed by atoms with Crippen LogP contribution in [0.4, 0.5) is 4.39 Å². The Kier molecular flexibility index (Phi) is 4.99. The maximum Gasteiger partial charge on any atom is 0.326 e. The van der Waals surface area contributed by atoms with Crippen molar-refractivity contribution in [3.8, 4) is 5.75 Å². The van der Waals surface area contributed by atoms with E-state index in [4.69, 9.17) is 4.74 Å². The largest absolute Gasteiger partial charge is 0.491 e. The predicted octanol–water partition coefficient (Wildman–Crippen LogP) is 3.70. The minimum Gasteiger partial charge on any atom is -0.491 e. The average molecular weight is 369 g/mol. The van der Waals surface area contributed by atoms with Gasteiger partial charge >= 0.3 is 5.69 Å². The molecule has 2 heterocycles. The van der Waals surface area contributed by atoms with Gasteiger partial charge in [0.15, 0.2) is 11.6 Å². The summed E-state index contributed by atoms with van der Waals surface area (Å²) in [4.78, 5) is 17.7. The summed E-state index contributed by atoms with van der Waals surface area (Å²) in [5, 5.41) is 0. The molecule has 0 atom stereocenters. The molecule has 0 spiro atoms. The summed E-state index contributed by atoms with van der Waals surface area (Å²) < 4.78 is 21.0. The van der Waals surface area contributed by atoms with Gasteiger partial charge in [0.2, 0.25) is 0 Å². The fourth-order valence-corrected chi connectivity index (χ4v) is 3.94. The van der Waals surface area contributed by atoms with E-state index in [1.54, 1.807) is 6.07 Å². The Labute approximate surface area is 157 Å². The van der Waals surface area contributed by atoms with Crippen molar-refractivity contribution in [2.24, 2.45) is 0 Å². The number of para-hydroxylation sites is 2. The SMILES string of the molecule is CCOc1cc(CN2CCC(n3c(=O)[nH]c4ccccc43)CC2)ccc1F. The number of imidazole rings is 1. The van der Waals surface area contributed by atoms with Crippen molar-refractivity contribution in [1.82, 2.24) is 14.5 Å². The van der Waals surface area contributed by atoms with Crippen LogP contribution in [0, 0.1) is 5.82 Å². The Morgan fingerprint density at radius 3 is 2.74 bits per heavy atom. The highest BCUT2D eigenvalue weighted by Gasteiger charge is 2.23. The molecule has 1 fully saturated rings. The molecular formula is C21H24FN3O2. The molecule has 1 aliphatic rings. The zero-order valence-corrected chi connectivity index (χ0v) is 15.5. The highest BCUT2D eigenvalue weighted by Crippen LogP contribution is 2.26. The van der Waals surface area contributed by atoms with Gasteiger partial charge in [0, 0.05) is 25.7 Å². The lowest BCUT2D eigenvalue weighted by Gasteiger charge is -2.32. The zero-order valence-electron chi connectivity index (χ0n) is 15.5. The minimum atomic E-state index is -0.321. The van der Waals surface area contributed by atoms with Crippen molar-refractivity contribution in [3.63, 3.8) is 0 Å². The van der Waals surface area contributed by atoms with E-state index in [0.717, 1.165) is 49.1 Å². The van der Waals surface area contributed by atoms with E-state index >= 15 is 0 Å². The van der Waals surface area contributed by atoms with Crippen molar-refractivity contribution >= 4 is 11.0 Å². The third-order valence-electron chi connectivity index (χ3n) is 5.25. The molecule has 1 N–H and O–H groups in total. The lowest BCUT2D eigenvalue weighted by Crippen LogP contribution is -2.36. The average Bonchev–Trinajstić information content (AvgIpc) is 3.01. The van der Waals surface area contributed by atoms with Crippen LogP contribution in [-0.4, -0.2) is 34.1 Å². The number of piperidine rings is 1. The number of fused-ring (bicyclic) bond motifs is 1. The molecule has 2 aromatic carbocycles. The number of nitrogens with zero attached hydrogens (tertiary/aromatic N) is 2. The summed E-state index contributed by atoms with van der Waals surface area (Å²) in [6, 6.07) is 13.1. The number of aromatic nitrogens is 2. The summed E-state index contributed by atoms with van der Waals surface area (Å²) in [5.74, 6) is -0.00625. The summed E-state index contributed by atoms with van der Waals surface area (Å²) >= 11 is 0. The second-order valence-electron chi connectivity index (χ2n) is 7.02. The molecule has 142 valence electrons. The Hall–Kier alpha value is -2.60. The van der Waals surface area contributed by atoms with Crippen LogP contribution in [0.25, 0.3) is 11.0 Å². The number of halogens is 1. The molecule has 0 saturated carbocycles. The first kappa shape index (κ1) is 17.8. The summed E-state index contributed by atoms with van der Waals surface area (Å²) in [6.07, 6.45) is 1.84. The zero-order chi connectivity index (χ0) is 18.8. The van der Waals surface area contributed by atoms with Crippen molar-refractivity contribution in [2.75, 3.05) is 19.7 Å². The van der Waals surface area contributed by atoms with E-state index in [-0.39, 0.29) is 17.5 Å². The summed E-state index contributed by atoms with van der Waals surface area (Å²) in [7, 11) is 0. The second kappa shape index (κ2) is 7.56. The number of likely N-dealkylation sites (tertiary alicyclic amines) is 1. The molecule has 0 aliphatic carbocycles. The molecule has 0 unspecified atom stereocenters. The van der Waals surface area contributed by atoms with E-state index < -0.39 is 0 Å². The van der Waals surface area contributed by atoms with Crippen molar-refractivity contribution in [1.29, 1.82) is 0 Å². The number of hydrogen-bond donors (Lipinski definition) is 1. The topological polar surface area (TPSA) is 50.3 Å². The van der Waals surface area contributed by atoms with Gasteiger partial charge in [0.1, 0.15) is 0 Å². The van der Waals surface area contributed by atoms with Crippen LogP contribution in [0.2, 0.25) is 0 Å². The lowest BCUT2D eigenvalue weighted by atomic mass is 10.0. The molecule has 6 heteroatoms. The van der Waals surface area contributed by atoms with Crippen molar-refractivity contribution in [2.45, 2.75) is 32.4 Å². The molecular weight excluding hydrogens is 345 g/mol. The normalized spacial score (nSPS) is 16.1. The van der Waals surface area contributed by atoms with Crippen LogP contribution >= 0.6 is 0 Å². The van der Waals surface area contributed by atoms with Crippen LogP contribution in [0.3, 0.4) is 0 Å². The molecule has 0 amide bonds. The van der Waals surface area contributed by atoms with Gasteiger partial charge in [-0.05, 0) is 49.6 Å². The Morgan fingerprint density at radius 2 is 1.96 bits per heavy atom. The number of aromatic amines is 1. The number of ether oxygens (including phenoxy) is 1. The second-order valence-corrected chi connectivity index (χ2v) is 7.02. The molecule has 4 rings (SSSR count). The molecule has 0 radical (unpaired) electrons. The monoisotopic (exact) mass is 369 g/mol. The number of rotatable bonds is 5. The molecule has 0 bridgehead atoms. The fraction of sp³-hybridized carbons (Fsp3) is 0.381. The van der Waals surface area contributed by atoms with Crippen LogP contribution in [0.1, 0.15) is 31.4 Å². The van der Waals surface area contributed by atoms with Crippen LogP contribution in [0.5, 0.6) is 5.75 Å². The van der Waals surface area contributed by atoms with Gasteiger partial charge in [0.05, 0.1) is 17.6 Å². The van der Waals surface area contributed by atoms with Gasteiger partial charge in [-0.2, -0.15) is 0 Å². The van der Waals surface area contributed by atoms with E-state index in [1.165, 1.54) is 6.07 Å². The van der Waals surface area contributed by atoms with Crippen LogP contribution in [-0.2, 0) is 6.54 Å². The Balaban J connectivity index is 1.44. The molecule has 5 nitrogen and oxygen atoms in total. The maximum atomic E-state index is 13.7. The minimum absolute atomic E-state index is 0.0328. The lowest BCUT2D eigenvalue weighted by molar-refractivity contribution is 0.179. The van der Waals surface area contributed by atoms with Crippen LogP contribution in [0.15, 0.2) is 47.3 Å².